The summed E-state index contributed by atoms with van der Waals surface area (Å²) in [7, 11) is 0.745. The number of carbonyl (C=O) groups is 1. The van der Waals surface area contributed by atoms with E-state index in [1.54, 1.807) is 6.92 Å². The van der Waals surface area contributed by atoms with Crippen molar-refractivity contribution in [3.63, 3.8) is 0 Å². The van der Waals surface area contributed by atoms with E-state index in [0.29, 0.717) is 18.1 Å². The Morgan fingerprint density at radius 2 is 2.05 bits per heavy atom. The molecule has 19 heavy (non-hydrogen) atoms. The van der Waals surface area contributed by atoms with Gasteiger partial charge < -0.3 is 9.16 Å². The maximum absolute atomic E-state index is 11.2. The molecule has 0 aliphatic rings. The molecular weight excluding hydrogens is 256 g/mol. The summed E-state index contributed by atoms with van der Waals surface area (Å²) >= 11 is 0. The number of ether oxygens (including phenoxy) is 1. The van der Waals surface area contributed by atoms with Gasteiger partial charge in [-0.25, -0.2) is 4.79 Å². The second kappa shape index (κ2) is 8.66. The van der Waals surface area contributed by atoms with Gasteiger partial charge in [0.05, 0.1) is 6.61 Å². The lowest BCUT2D eigenvalue weighted by molar-refractivity contribution is -0.139. The van der Waals surface area contributed by atoms with Crippen LogP contribution in [0.2, 0.25) is 0 Å². The van der Waals surface area contributed by atoms with Crippen molar-refractivity contribution in [2.24, 2.45) is 0 Å². The lowest BCUT2D eigenvalue weighted by atomic mass is 9.95. The van der Waals surface area contributed by atoms with Crippen LogP contribution in [0.25, 0.3) is 0 Å². The molecule has 0 spiro atoms. The molecule has 1 aromatic carbocycles. The third kappa shape index (κ3) is 5.85. The number of benzene rings is 1. The van der Waals surface area contributed by atoms with E-state index in [2.05, 4.69) is 18.7 Å². The maximum Gasteiger partial charge on any atom is 0.333 e. The van der Waals surface area contributed by atoms with Gasteiger partial charge in [-0.3, -0.25) is 0 Å². The fourth-order valence-electron chi connectivity index (χ4n) is 1.89. The molecule has 1 atom stereocenters. The zero-order valence-electron chi connectivity index (χ0n) is 11.7. The van der Waals surface area contributed by atoms with Gasteiger partial charge in [0.25, 0.3) is 0 Å². The third-order valence-corrected chi connectivity index (χ3v) is 3.25. The van der Waals surface area contributed by atoms with Crippen LogP contribution in [0.1, 0.15) is 31.2 Å². The van der Waals surface area contributed by atoms with Crippen molar-refractivity contribution in [2.45, 2.75) is 25.7 Å². The standard InChI is InChI=1S/C15H22O3Si/c1-12(2)15(16)17-10-6-9-14(11-18-19)13-7-4-3-5-8-13/h3-5,7-8,14H,1,6,9-11H2,2,19H3. The van der Waals surface area contributed by atoms with Gasteiger partial charge in [-0.05, 0) is 25.3 Å². The Labute approximate surface area is 118 Å². The molecule has 0 aromatic heterocycles. The highest BCUT2D eigenvalue weighted by molar-refractivity contribution is 5.97. The maximum atomic E-state index is 11.2. The molecule has 1 rings (SSSR count). The van der Waals surface area contributed by atoms with Gasteiger partial charge in [0.1, 0.15) is 10.5 Å². The van der Waals surface area contributed by atoms with Crippen molar-refractivity contribution in [2.75, 3.05) is 13.2 Å². The van der Waals surface area contributed by atoms with E-state index in [1.165, 1.54) is 5.56 Å². The largest absolute Gasteiger partial charge is 0.462 e. The predicted molar refractivity (Wildman–Crippen MR) is 80.1 cm³/mol. The average molecular weight is 278 g/mol. The SMILES string of the molecule is C=C(C)C(=O)OCCCC(CO[SiH3])c1ccccc1. The van der Waals surface area contributed by atoms with Gasteiger partial charge in [-0.2, -0.15) is 0 Å². The molecule has 1 aromatic rings. The Balaban J connectivity index is 2.39. The summed E-state index contributed by atoms with van der Waals surface area (Å²) in [4.78, 5) is 11.2. The number of rotatable bonds is 8. The molecular formula is C15H22O3Si. The first-order chi connectivity index (χ1) is 9.15. The first-order valence-electron chi connectivity index (χ1n) is 6.51. The fraction of sp³-hybridized carbons (Fsp3) is 0.400. The van der Waals surface area contributed by atoms with Crippen LogP contribution >= 0.6 is 0 Å². The van der Waals surface area contributed by atoms with E-state index in [4.69, 9.17) is 9.16 Å². The minimum Gasteiger partial charge on any atom is -0.462 e. The second-order valence-corrected chi connectivity index (χ2v) is 5.20. The number of hydrogen-bond acceptors (Lipinski definition) is 3. The molecule has 0 N–H and O–H groups in total. The van der Waals surface area contributed by atoms with Crippen LogP contribution in [0.4, 0.5) is 0 Å². The molecule has 0 saturated carbocycles. The number of carbonyl (C=O) groups excluding carboxylic acids is 1. The zero-order valence-corrected chi connectivity index (χ0v) is 13.7. The molecule has 3 nitrogen and oxygen atoms in total. The summed E-state index contributed by atoms with van der Waals surface area (Å²) in [6.45, 7) is 6.39. The summed E-state index contributed by atoms with van der Waals surface area (Å²) in [5.41, 5.74) is 1.73. The van der Waals surface area contributed by atoms with Crippen LogP contribution in [0.15, 0.2) is 42.5 Å². The molecule has 0 bridgehead atoms. The molecule has 0 amide bonds. The van der Waals surface area contributed by atoms with Crippen LogP contribution in [0.3, 0.4) is 0 Å². The lowest BCUT2D eigenvalue weighted by Crippen LogP contribution is -2.10. The third-order valence-electron chi connectivity index (χ3n) is 2.92. The average Bonchev–Trinajstić information content (AvgIpc) is 2.42. The van der Waals surface area contributed by atoms with E-state index in [-0.39, 0.29) is 5.97 Å². The highest BCUT2D eigenvalue weighted by atomic mass is 28.2. The number of hydrogen-bond donors (Lipinski definition) is 0. The Bertz CT molecular complexity index is 403. The van der Waals surface area contributed by atoms with E-state index >= 15 is 0 Å². The van der Waals surface area contributed by atoms with E-state index in [1.807, 2.05) is 18.2 Å². The lowest BCUT2D eigenvalue weighted by Gasteiger charge is -2.16. The topological polar surface area (TPSA) is 35.5 Å². The quantitative estimate of drug-likeness (QED) is 0.316. The van der Waals surface area contributed by atoms with Gasteiger partial charge in [0, 0.05) is 18.1 Å². The zero-order chi connectivity index (χ0) is 14.1. The summed E-state index contributed by atoms with van der Waals surface area (Å²) in [6, 6.07) is 10.3. The molecule has 0 aliphatic heterocycles. The summed E-state index contributed by atoms with van der Waals surface area (Å²) in [5, 5.41) is 0. The van der Waals surface area contributed by atoms with E-state index in [9.17, 15) is 4.79 Å². The summed E-state index contributed by atoms with van der Waals surface area (Å²) < 4.78 is 10.5. The van der Waals surface area contributed by atoms with E-state index < -0.39 is 0 Å². The molecule has 0 heterocycles. The number of esters is 1. The Kier molecular flexibility index (Phi) is 7.14. The van der Waals surface area contributed by atoms with Crippen molar-refractivity contribution in [1.29, 1.82) is 0 Å². The van der Waals surface area contributed by atoms with Crippen LogP contribution in [0.5, 0.6) is 0 Å². The first-order valence-corrected chi connectivity index (χ1v) is 7.33. The highest BCUT2D eigenvalue weighted by Crippen LogP contribution is 2.21. The summed E-state index contributed by atoms with van der Waals surface area (Å²) in [5.74, 6) is 0.0673. The predicted octanol–water partition coefficient (Wildman–Crippen LogP) is 1.97. The molecule has 0 saturated heterocycles. The van der Waals surface area contributed by atoms with Crippen molar-refractivity contribution in [1.82, 2.24) is 0 Å². The second-order valence-electron chi connectivity index (χ2n) is 4.62. The Morgan fingerprint density at radius 1 is 1.37 bits per heavy atom. The first kappa shape index (κ1) is 15.7. The molecule has 0 radical (unpaired) electrons. The molecule has 1 unspecified atom stereocenters. The van der Waals surface area contributed by atoms with Crippen LogP contribution in [-0.4, -0.2) is 29.7 Å². The van der Waals surface area contributed by atoms with E-state index in [0.717, 1.165) is 29.9 Å². The van der Waals surface area contributed by atoms with Gasteiger partial charge in [-0.15, -0.1) is 0 Å². The molecule has 0 aliphatic carbocycles. The Hall–Kier alpha value is -1.39. The highest BCUT2D eigenvalue weighted by Gasteiger charge is 2.11. The normalized spacial score (nSPS) is 12.1. The van der Waals surface area contributed by atoms with Crippen molar-refractivity contribution in [3.8, 4) is 0 Å². The smallest absolute Gasteiger partial charge is 0.333 e. The minimum absolute atomic E-state index is 0.310. The monoisotopic (exact) mass is 278 g/mol. The van der Waals surface area contributed by atoms with Gasteiger partial charge >= 0.3 is 5.97 Å². The van der Waals surface area contributed by atoms with Gasteiger partial charge in [0.15, 0.2) is 0 Å². The van der Waals surface area contributed by atoms with Crippen LogP contribution in [0, 0.1) is 0 Å². The van der Waals surface area contributed by atoms with Crippen LogP contribution in [-0.2, 0) is 14.0 Å². The van der Waals surface area contributed by atoms with Crippen molar-refractivity contribution in [3.05, 3.63) is 48.0 Å². The molecule has 104 valence electrons. The fourth-order valence-corrected chi connectivity index (χ4v) is 2.29. The Morgan fingerprint density at radius 3 is 2.63 bits per heavy atom. The molecule has 4 heteroatoms. The summed E-state index contributed by atoms with van der Waals surface area (Å²) in [6.07, 6.45) is 1.79. The van der Waals surface area contributed by atoms with Gasteiger partial charge in [-0.1, -0.05) is 36.9 Å². The van der Waals surface area contributed by atoms with Crippen molar-refractivity contribution < 1.29 is 14.0 Å². The molecule has 0 fully saturated rings. The van der Waals surface area contributed by atoms with Gasteiger partial charge in [0.2, 0.25) is 0 Å². The van der Waals surface area contributed by atoms with Crippen LogP contribution < -0.4 is 0 Å². The van der Waals surface area contributed by atoms with Crippen molar-refractivity contribution >= 4 is 16.5 Å². The minimum atomic E-state index is -0.310.